The third kappa shape index (κ3) is 4.64. The highest BCUT2D eigenvalue weighted by Crippen LogP contribution is 2.19. The Morgan fingerprint density at radius 1 is 1.10 bits per heavy atom. The van der Waals surface area contributed by atoms with Crippen LogP contribution in [0.4, 0.5) is 0 Å². The Morgan fingerprint density at radius 3 is 2.71 bits per heavy atom. The third-order valence-corrected chi connectivity index (χ3v) is 4.52. The van der Waals surface area contributed by atoms with Crippen LogP contribution in [0.5, 0.6) is 5.75 Å². The number of amides is 1. The van der Waals surface area contributed by atoms with Gasteiger partial charge in [-0.3, -0.25) is 4.79 Å². The number of nitrogens with zero attached hydrogens (tertiary/aromatic N) is 6. The van der Waals surface area contributed by atoms with Crippen LogP contribution in [0, 0.1) is 0 Å². The largest absolute Gasteiger partial charge is 0.488 e. The molecule has 3 aromatic heterocycles. The summed E-state index contributed by atoms with van der Waals surface area (Å²) < 4.78 is 12.0. The van der Waals surface area contributed by atoms with Crippen molar-refractivity contribution in [2.45, 2.75) is 6.42 Å². The fourth-order valence-electron chi connectivity index (χ4n) is 2.98. The minimum atomic E-state index is -0.268. The van der Waals surface area contributed by atoms with Crippen molar-refractivity contribution in [3.63, 3.8) is 0 Å². The molecule has 0 unspecified atom stereocenters. The van der Waals surface area contributed by atoms with Gasteiger partial charge in [0.25, 0.3) is 5.91 Å². The maximum absolute atomic E-state index is 11.9. The average molecular weight is 419 g/mol. The minimum Gasteiger partial charge on any atom is -0.488 e. The number of benzene rings is 1. The lowest BCUT2D eigenvalue weighted by atomic mass is 10.1. The first-order valence-electron chi connectivity index (χ1n) is 9.64. The first-order chi connectivity index (χ1) is 15.2. The van der Waals surface area contributed by atoms with E-state index < -0.39 is 0 Å². The predicted octanol–water partition coefficient (Wildman–Crippen LogP) is 1.56. The highest BCUT2D eigenvalue weighted by molar-refractivity contribution is 5.92. The van der Waals surface area contributed by atoms with E-state index in [0.717, 1.165) is 11.1 Å². The van der Waals surface area contributed by atoms with Crippen LogP contribution in [0.3, 0.4) is 0 Å². The van der Waals surface area contributed by atoms with Gasteiger partial charge in [-0.2, -0.15) is 9.61 Å². The first-order valence-corrected chi connectivity index (χ1v) is 9.64. The van der Waals surface area contributed by atoms with E-state index in [9.17, 15) is 4.79 Å². The summed E-state index contributed by atoms with van der Waals surface area (Å²) >= 11 is 0. The third-order valence-electron chi connectivity index (χ3n) is 4.52. The number of carbonyl (C=O) groups is 1. The molecule has 0 saturated heterocycles. The highest BCUT2D eigenvalue weighted by atomic mass is 16.5. The summed E-state index contributed by atoms with van der Waals surface area (Å²) in [5.74, 6) is 1.54. The summed E-state index contributed by atoms with van der Waals surface area (Å²) in [6.07, 6.45) is 3.76. The summed E-state index contributed by atoms with van der Waals surface area (Å²) in [4.78, 5) is 20.7. The molecule has 3 heterocycles. The van der Waals surface area contributed by atoms with Gasteiger partial charge in [-0.05, 0) is 23.8 Å². The molecular formula is C21H21N7O3. The fourth-order valence-corrected chi connectivity index (χ4v) is 2.98. The van der Waals surface area contributed by atoms with E-state index in [4.69, 9.17) is 9.47 Å². The fraction of sp³-hybridized carbons (Fsp3) is 0.238. The van der Waals surface area contributed by atoms with Crippen molar-refractivity contribution in [1.29, 1.82) is 0 Å². The Labute approximate surface area is 178 Å². The number of nitrogens with one attached hydrogen (secondary N) is 1. The second kappa shape index (κ2) is 9.26. The molecule has 31 heavy (non-hydrogen) atoms. The molecule has 0 aliphatic heterocycles. The molecule has 0 atom stereocenters. The quantitative estimate of drug-likeness (QED) is 0.428. The van der Waals surface area contributed by atoms with Crippen LogP contribution in [0.25, 0.3) is 17.0 Å². The molecule has 1 amide bonds. The van der Waals surface area contributed by atoms with Gasteiger partial charge < -0.3 is 14.8 Å². The lowest BCUT2D eigenvalue weighted by Gasteiger charge is -2.07. The molecular weight excluding hydrogens is 398 g/mol. The number of methoxy groups -OCH3 is 1. The summed E-state index contributed by atoms with van der Waals surface area (Å²) in [7, 11) is 3.18. The normalized spacial score (nSPS) is 10.9. The van der Waals surface area contributed by atoms with Crippen LogP contribution in [0.15, 0.2) is 48.8 Å². The molecule has 0 bridgehead atoms. The topological polar surface area (TPSA) is 116 Å². The van der Waals surface area contributed by atoms with Gasteiger partial charge in [0.1, 0.15) is 12.3 Å². The van der Waals surface area contributed by atoms with Crippen LogP contribution in [-0.2, 0) is 11.2 Å². The molecule has 1 aromatic carbocycles. The van der Waals surface area contributed by atoms with Gasteiger partial charge in [-0.1, -0.05) is 18.2 Å². The Balaban J connectivity index is 1.54. The van der Waals surface area contributed by atoms with Crippen LogP contribution in [-0.4, -0.2) is 63.1 Å². The summed E-state index contributed by atoms with van der Waals surface area (Å²) in [6, 6.07) is 11.2. The van der Waals surface area contributed by atoms with E-state index in [1.54, 1.807) is 43.2 Å². The number of hydrogen-bond acceptors (Lipinski definition) is 8. The van der Waals surface area contributed by atoms with Gasteiger partial charge in [0, 0.05) is 26.1 Å². The van der Waals surface area contributed by atoms with Gasteiger partial charge in [-0.15, -0.1) is 10.2 Å². The van der Waals surface area contributed by atoms with Gasteiger partial charge in [0.2, 0.25) is 0 Å². The van der Waals surface area contributed by atoms with E-state index in [1.165, 1.54) is 0 Å². The predicted molar refractivity (Wildman–Crippen MR) is 112 cm³/mol. The molecule has 0 aliphatic rings. The van der Waals surface area contributed by atoms with Crippen LogP contribution in [0.2, 0.25) is 0 Å². The highest BCUT2D eigenvalue weighted by Gasteiger charge is 2.12. The van der Waals surface area contributed by atoms with E-state index in [2.05, 4.69) is 30.6 Å². The van der Waals surface area contributed by atoms with Gasteiger partial charge in [-0.25, -0.2) is 9.97 Å². The molecule has 10 heteroatoms. The Hall–Kier alpha value is -3.92. The van der Waals surface area contributed by atoms with Gasteiger partial charge in [0.15, 0.2) is 23.0 Å². The molecule has 0 saturated carbocycles. The lowest BCUT2D eigenvalue weighted by molar-refractivity contribution is 0.0957. The smallest absolute Gasteiger partial charge is 0.271 e. The molecule has 10 nitrogen and oxygen atoms in total. The van der Waals surface area contributed by atoms with Crippen molar-refractivity contribution < 1.29 is 14.3 Å². The van der Waals surface area contributed by atoms with E-state index in [0.29, 0.717) is 48.4 Å². The number of rotatable bonds is 8. The molecule has 0 aliphatic carbocycles. The maximum atomic E-state index is 11.9. The maximum Gasteiger partial charge on any atom is 0.271 e. The summed E-state index contributed by atoms with van der Waals surface area (Å²) in [5, 5.41) is 15.3. The second-order valence-electron chi connectivity index (χ2n) is 6.64. The molecule has 4 rings (SSSR count). The number of fused-ring (bicyclic) bond motifs is 1. The van der Waals surface area contributed by atoms with Gasteiger partial charge in [0.05, 0.1) is 19.0 Å². The zero-order valence-electron chi connectivity index (χ0n) is 17.1. The van der Waals surface area contributed by atoms with Crippen molar-refractivity contribution in [3.05, 3.63) is 65.9 Å². The SMILES string of the molecule is CNC(=O)c1ccc2nnc(Cc3cccc(-c4ncc(OCCOC)cn4)c3)n2n1. The van der Waals surface area contributed by atoms with E-state index in [-0.39, 0.29) is 5.91 Å². The molecule has 4 aromatic rings. The Kier molecular flexibility index (Phi) is 6.08. The molecule has 1 N–H and O–H groups in total. The standard InChI is InChI=1S/C21H21N7O3/c1-22-21(29)17-6-7-18-25-26-19(28(18)27-17)11-14-4-3-5-15(10-14)20-23-12-16(13-24-20)31-9-8-30-2/h3-7,10,12-13H,8-9,11H2,1-2H3,(H,22,29). The van der Waals surface area contributed by atoms with Crippen LogP contribution < -0.4 is 10.1 Å². The van der Waals surface area contributed by atoms with Crippen LogP contribution >= 0.6 is 0 Å². The molecule has 0 radical (unpaired) electrons. The number of carbonyl (C=O) groups excluding carboxylic acids is 1. The monoisotopic (exact) mass is 419 g/mol. The lowest BCUT2D eigenvalue weighted by Crippen LogP contribution is -2.20. The zero-order chi connectivity index (χ0) is 21.6. The number of hydrogen-bond donors (Lipinski definition) is 1. The summed E-state index contributed by atoms with van der Waals surface area (Å²) in [5.41, 5.74) is 2.73. The molecule has 0 fully saturated rings. The van der Waals surface area contributed by atoms with Crippen molar-refractivity contribution in [2.24, 2.45) is 0 Å². The van der Waals surface area contributed by atoms with Crippen molar-refractivity contribution in [1.82, 2.24) is 35.1 Å². The van der Waals surface area contributed by atoms with E-state index in [1.807, 2.05) is 24.3 Å². The molecule has 158 valence electrons. The van der Waals surface area contributed by atoms with Crippen LogP contribution in [0.1, 0.15) is 21.9 Å². The second-order valence-corrected chi connectivity index (χ2v) is 6.64. The molecule has 0 spiro atoms. The van der Waals surface area contributed by atoms with Crippen molar-refractivity contribution in [2.75, 3.05) is 27.4 Å². The number of aromatic nitrogens is 6. The van der Waals surface area contributed by atoms with Gasteiger partial charge >= 0.3 is 0 Å². The van der Waals surface area contributed by atoms with Crippen molar-refractivity contribution in [3.8, 4) is 17.1 Å². The zero-order valence-corrected chi connectivity index (χ0v) is 17.1. The first kappa shape index (κ1) is 20.4. The Bertz CT molecular complexity index is 1190. The minimum absolute atomic E-state index is 0.268. The van der Waals surface area contributed by atoms with Crippen molar-refractivity contribution >= 4 is 11.6 Å². The van der Waals surface area contributed by atoms with E-state index >= 15 is 0 Å². The summed E-state index contributed by atoms with van der Waals surface area (Å²) in [6.45, 7) is 0.942. The Morgan fingerprint density at radius 2 is 1.94 bits per heavy atom. The number of ether oxygens (including phenoxy) is 2. The average Bonchev–Trinajstić information content (AvgIpc) is 3.21.